The van der Waals surface area contributed by atoms with Crippen LogP contribution in [0.25, 0.3) is 0 Å². The number of hydrogen-bond donors (Lipinski definition) is 1. The molecule has 1 aromatic carbocycles. The van der Waals surface area contributed by atoms with Gasteiger partial charge < -0.3 is 19.9 Å². The lowest BCUT2D eigenvalue weighted by Gasteiger charge is -2.34. The number of rotatable bonds is 5. The molecule has 2 aliphatic heterocycles. The Morgan fingerprint density at radius 2 is 2.08 bits per heavy atom. The average Bonchev–Trinajstić information content (AvgIpc) is 2.65. The summed E-state index contributed by atoms with van der Waals surface area (Å²) in [6.45, 7) is 5.08. The van der Waals surface area contributed by atoms with Gasteiger partial charge in [-0.1, -0.05) is 30.3 Å². The molecule has 0 aliphatic carbocycles. The molecule has 1 N–H and O–H groups in total. The minimum Gasteiger partial charge on any atom is -0.375 e. The van der Waals surface area contributed by atoms with Crippen LogP contribution in [0, 0.1) is 5.92 Å². The monoisotopic (exact) mass is 345 g/mol. The summed E-state index contributed by atoms with van der Waals surface area (Å²) in [6.07, 6.45) is 4.54. The number of carbonyl (C=O) groups is 1. The number of likely N-dealkylation sites (tertiary alicyclic amines) is 1. The Hall–Kier alpha value is -1.59. The standard InChI is InChI=1S/C20H31N3O2/c1-22-11-5-8-18(15-22)14-21-20(24)23-12-13-25-19(16-23)10-9-17-6-3-2-4-7-17/h2-4,6-7,18-19H,5,8-16H2,1H3,(H,21,24)/t18-,19-/m1/s1. The number of aryl methyl sites for hydroxylation is 1. The molecule has 0 unspecified atom stereocenters. The summed E-state index contributed by atoms with van der Waals surface area (Å²) < 4.78 is 5.86. The molecule has 0 bridgehead atoms. The fourth-order valence-electron chi connectivity index (χ4n) is 3.83. The highest BCUT2D eigenvalue weighted by molar-refractivity contribution is 5.74. The molecule has 2 atom stereocenters. The summed E-state index contributed by atoms with van der Waals surface area (Å²) in [7, 11) is 2.16. The molecule has 2 heterocycles. The van der Waals surface area contributed by atoms with Crippen molar-refractivity contribution in [3.63, 3.8) is 0 Å². The van der Waals surface area contributed by atoms with Crippen molar-refractivity contribution in [3.8, 4) is 0 Å². The smallest absolute Gasteiger partial charge is 0.317 e. The van der Waals surface area contributed by atoms with Crippen molar-refractivity contribution in [2.24, 2.45) is 5.92 Å². The van der Waals surface area contributed by atoms with Crippen molar-refractivity contribution in [2.75, 3.05) is 46.4 Å². The van der Waals surface area contributed by atoms with E-state index in [1.165, 1.54) is 24.9 Å². The van der Waals surface area contributed by atoms with Gasteiger partial charge in [-0.25, -0.2) is 4.79 Å². The first-order valence-corrected chi connectivity index (χ1v) is 9.57. The molecule has 0 radical (unpaired) electrons. The van der Waals surface area contributed by atoms with Crippen molar-refractivity contribution in [3.05, 3.63) is 35.9 Å². The Kier molecular flexibility index (Phi) is 6.70. The maximum absolute atomic E-state index is 12.5. The van der Waals surface area contributed by atoms with Crippen LogP contribution in [-0.4, -0.2) is 68.3 Å². The SMILES string of the molecule is CN1CCC[C@H](CNC(=O)N2CCO[C@H](CCc3ccccc3)C2)C1. The van der Waals surface area contributed by atoms with Crippen molar-refractivity contribution < 1.29 is 9.53 Å². The van der Waals surface area contributed by atoms with Crippen LogP contribution in [-0.2, 0) is 11.2 Å². The molecular weight excluding hydrogens is 314 g/mol. The van der Waals surface area contributed by atoms with E-state index in [-0.39, 0.29) is 12.1 Å². The third kappa shape index (κ3) is 5.72. The van der Waals surface area contributed by atoms with Crippen LogP contribution in [0.15, 0.2) is 30.3 Å². The highest BCUT2D eigenvalue weighted by Crippen LogP contribution is 2.15. The molecule has 0 aromatic heterocycles. The number of hydrogen-bond acceptors (Lipinski definition) is 3. The lowest BCUT2D eigenvalue weighted by Crippen LogP contribution is -2.51. The highest BCUT2D eigenvalue weighted by atomic mass is 16.5. The first-order chi connectivity index (χ1) is 12.2. The third-order valence-corrected chi connectivity index (χ3v) is 5.29. The highest BCUT2D eigenvalue weighted by Gasteiger charge is 2.25. The number of ether oxygens (including phenoxy) is 1. The molecular formula is C20H31N3O2. The zero-order valence-electron chi connectivity index (χ0n) is 15.3. The maximum Gasteiger partial charge on any atom is 0.317 e. The van der Waals surface area contributed by atoms with E-state index in [9.17, 15) is 4.79 Å². The van der Waals surface area contributed by atoms with Gasteiger partial charge in [0.2, 0.25) is 0 Å². The minimum absolute atomic E-state index is 0.0706. The van der Waals surface area contributed by atoms with Gasteiger partial charge in [-0.3, -0.25) is 0 Å². The van der Waals surface area contributed by atoms with Gasteiger partial charge in [0.15, 0.2) is 0 Å². The normalized spacial score (nSPS) is 24.9. The van der Waals surface area contributed by atoms with Crippen LogP contribution in [0.3, 0.4) is 0 Å². The van der Waals surface area contributed by atoms with Crippen molar-refractivity contribution >= 4 is 6.03 Å². The Balaban J connectivity index is 1.40. The van der Waals surface area contributed by atoms with E-state index in [0.29, 0.717) is 25.6 Å². The number of piperidine rings is 1. The quantitative estimate of drug-likeness (QED) is 0.891. The Morgan fingerprint density at radius 3 is 2.88 bits per heavy atom. The fourth-order valence-corrected chi connectivity index (χ4v) is 3.83. The molecule has 2 saturated heterocycles. The maximum atomic E-state index is 12.5. The van der Waals surface area contributed by atoms with E-state index in [1.54, 1.807) is 0 Å². The molecule has 2 fully saturated rings. The van der Waals surface area contributed by atoms with Crippen LogP contribution in [0.4, 0.5) is 4.79 Å². The number of urea groups is 1. The average molecular weight is 345 g/mol. The first-order valence-electron chi connectivity index (χ1n) is 9.57. The Bertz CT molecular complexity index is 537. The van der Waals surface area contributed by atoms with E-state index >= 15 is 0 Å². The number of nitrogens with zero attached hydrogens (tertiary/aromatic N) is 2. The van der Waals surface area contributed by atoms with Crippen LogP contribution >= 0.6 is 0 Å². The molecule has 138 valence electrons. The van der Waals surface area contributed by atoms with Gasteiger partial charge in [-0.2, -0.15) is 0 Å². The molecule has 0 spiro atoms. The summed E-state index contributed by atoms with van der Waals surface area (Å²) >= 11 is 0. The summed E-state index contributed by atoms with van der Waals surface area (Å²) in [6, 6.07) is 10.5. The summed E-state index contributed by atoms with van der Waals surface area (Å²) in [5.74, 6) is 0.581. The zero-order chi connectivity index (χ0) is 17.5. The Labute approximate surface area is 151 Å². The van der Waals surface area contributed by atoms with Gasteiger partial charge in [-0.15, -0.1) is 0 Å². The lowest BCUT2D eigenvalue weighted by atomic mass is 9.98. The topological polar surface area (TPSA) is 44.8 Å². The molecule has 25 heavy (non-hydrogen) atoms. The van der Waals surface area contributed by atoms with Gasteiger partial charge in [0.05, 0.1) is 12.7 Å². The third-order valence-electron chi connectivity index (χ3n) is 5.29. The predicted octanol–water partition coefficient (Wildman–Crippen LogP) is 2.37. The van der Waals surface area contributed by atoms with Crippen molar-refractivity contribution in [1.29, 1.82) is 0 Å². The number of morpholine rings is 1. The lowest BCUT2D eigenvalue weighted by molar-refractivity contribution is -0.0177. The van der Waals surface area contributed by atoms with Crippen LogP contribution < -0.4 is 5.32 Å². The molecule has 0 saturated carbocycles. The molecule has 2 amide bonds. The van der Waals surface area contributed by atoms with Crippen molar-refractivity contribution in [2.45, 2.75) is 31.8 Å². The largest absolute Gasteiger partial charge is 0.375 e. The molecule has 5 heteroatoms. The van der Waals surface area contributed by atoms with Crippen molar-refractivity contribution in [1.82, 2.24) is 15.1 Å². The number of benzene rings is 1. The van der Waals surface area contributed by atoms with E-state index in [1.807, 2.05) is 11.0 Å². The zero-order valence-corrected chi connectivity index (χ0v) is 15.3. The predicted molar refractivity (Wildman–Crippen MR) is 99.7 cm³/mol. The number of amides is 2. The summed E-state index contributed by atoms with van der Waals surface area (Å²) in [5.41, 5.74) is 1.33. The second-order valence-electron chi connectivity index (χ2n) is 7.42. The molecule has 5 nitrogen and oxygen atoms in total. The second kappa shape index (κ2) is 9.20. The summed E-state index contributed by atoms with van der Waals surface area (Å²) in [5, 5.41) is 3.14. The molecule has 2 aliphatic rings. The first kappa shape index (κ1) is 18.2. The van der Waals surface area contributed by atoms with Crippen LogP contribution in [0.2, 0.25) is 0 Å². The van der Waals surface area contributed by atoms with Gasteiger partial charge in [-0.05, 0) is 50.8 Å². The van der Waals surface area contributed by atoms with Gasteiger partial charge in [0.25, 0.3) is 0 Å². The molecule has 3 rings (SSSR count). The van der Waals surface area contributed by atoms with E-state index < -0.39 is 0 Å². The van der Waals surface area contributed by atoms with E-state index in [2.05, 4.69) is 41.5 Å². The van der Waals surface area contributed by atoms with E-state index in [4.69, 9.17) is 4.74 Å². The van der Waals surface area contributed by atoms with Gasteiger partial charge in [0.1, 0.15) is 0 Å². The van der Waals surface area contributed by atoms with Crippen LogP contribution in [0.1, 0.15) is 24.8 Å². The Morgan fingerprint density at radius 1 is 1.24 bits per heavy atom. The van der Waals surface area contributed by atoms with Gasteiger partial charge >= 0.3 is 6.03 Å². The summed E-state index contributed by atoms with van der Waals surface area (Å²) in [4.78, 5) is 16.8. The number of nitrogens with one attached hydrogen (secondary N) is 1. The fraction of sp³-hybridized carbons (Fsp3) is 0.650. The second-order valence-corrected chi connectivity index (χ2v) is 7.42. The minimum atomic E-state index is 0.0706. The van der Waals surface area contributed by atoms with E-state index in [0.717, 1.165) is 25.9 Å². The molecule has 1 aromatic rings. The van der Waals surface area contributed by atoms with Crippen LogP contribution in [0.5, 0.6) is 0 Å². The number of carbonyl (C=O) groups excluding carboxylic acids is 1. The van der Waals surface area contributed by atoms with Gasteiger partial charge in [0, 0.05) is 26.2 Å².